The molecule has 1 unspecified atom stereocenters. The highest BCUT2D eigenvalue weighted by atomic mass is 35.5. The summed E-state index contributed by atoms with van der Waals surface area (Å²) in [7, 11) is 0. The van der Waals surface area contributed by atoms with Crippen molar-refractivity contribution in [2.75, 3.05) is 5.88 Å². The van der Waals surface area contributed by atoms with Gasteiger partial charge in [0, 0.05) is 5.88 Å². The van der Waals surface area contributed by atoms with E-state index in [4.69, 9.17) is 16.7 Å². The van der Waals surface area contributed by atoms with Crippen LogP contribution in [0.15, 0.2) is 0 Å². The quantitative estimate of drug-likeness (QED) is 0.421. The van der Waals surface area contributed by atoms with E-state index >= 15 is 0 Å². The van der Waals surface area contributed by atoms with Gasteiger partial charge < -0.3 is 10.2 Å². The van der Waals surface area contributed by atoms with Gasteiger partial charge in [-0.2, -0.15) is 0 Å². The SMILES string of the molecule is CCCCCCCCCCC(C(=O)O)[C@@H](O)CCl. The van der Waals surface area contributed by atoms with Crippen molar-refractivity contribution in [2.24, 2.45) is 5.92 Å². The number of halogens is 1. The lowest BCUT2D eigenvalue weighted by atomic mass is 9.96. The fourth-order valence-corrected chi connectivity index (χ4v) is 2.30. The van der Waals surface area contributed by atoms with Crippen LogP contribution >= 0.6 is 11.6 Å². The second-order valence-electron chi connectivity index (χ2n) is 4.93. The lowest BCUT2D eigenvalue weighted by Gasteiger charge is -2.16. The summed E-state index contributed by atoms with van der Waals surface area (Å²) in [5.74, 6) is -1.65. The first-order valence-corrected chi connectivity index (χ1v) is 7.63. The summed E-state index contributed by atoms with van der Waals surface area (Å²) >= 11 is 5.49. The molecule has 0 aromatic heterocycles. The average molecular weight is 279 g/mol. The maximum absolute atomic E-state index is 10.9. The standard InChI is InChI=1S/C14H27ClO3/c1-2-3-4-5-6-7-8-9-10-12(14(17)18)13(16)11-15/h12-13,16H,2-11H2,1H3,(H,17,18)/t12?,13-/m0/s1. The summed E-state index contributed by atoms with van der Waals surface area (Å²) in [5.41, 5.74) is 0. The van der Waals surface area contributed by atoms with Gasteiger partial charge in [0.05, 0.1) is 12.0 Å². The van der Waals surface area contributed by atoms with Crippen LogP contribution in [0, 0.1) is 5.92 Å². The number of carboxylic acid groups (broad SMARTS) is 1. The Morgan fingerprint density at radius 2 is 1.56 bits per heavy atom. The maximum Gasteiger partial charge on any atom is 0.309 e. The number of alkyl halides is 1. The summed E-state index contributed by atoms with van der Waals surface area (Å²) < 4.78 is 0. The molecular formula is C14H27ClO3. The third kappa shape index (κ3) is 8.76. The molecule has 0 rings (SSSR count). The fourth-order valence-electron chi connectivity index (χ4n) is 2.09. The molecule has 0 aliphatic carbocycles. The summed E-state index contributed by atoms with van der Waals surface area (Å²) in [6, 6.07) is 0. The molecule has 0 fully saturated rings. The lowest BCUT2D eigenvalue weighted by Crippen LogP contribution is -2.29. The van der Waals surface area contributed by atoms with Gasteiger partial charge in [0.1, 0.15) is 0 Å². The smallest absolute Gasteiger partial charge is 0.309 e. The Hall–Kier alpha value is -0.280. The van der Waals surface area contributed by atoms with Gasteiger partial charge >= 0.3 is 5.97 Å². The Balaban J connectivity index is 3.53. The molecule has 108 valence electrons. The summed E-state index contributed by atoms with van der Waals surface area (Å²) in [6.07, 6.45) is 9.05. The predicted octanol–water partition coefficient (Wildman–Crippen LogP) is 3.82. The number of aliphatic carboxylic acids is 1. The Labute approximate surface area is 116 Å². The first-order chi connectivity index (χ1) is 8.63. The number of aliphatic hydroxyl groups excluding tert-OH is 1. The van der Waals surface area contributed by atoms with Gasteiger partial charge in [-0.05, 0) is 6.42 Å². The zero-order valence-electron chi connectivity index (χ0n) is 11.4. The highest BCUT2D eigenvalue weighted by molar-refractivity contribution is 6.18. The van der Waals surface area contributed by atoms with E-state index in [-0.39, 0.29) is 5.88 Å². The van der Waals surface area contributed by atoms with Crippen LogP contribution in [0.4, 0.5) is 0 Å². The zero-order chi connectivity index (χ0) is 13.8. The van der Waals surface area contributed by atoms with Crippen molar-refractivity contribution < 1.29 is 15.0 Å². The predicted molar refractivity (Wildman–Crippen MR) is 75.1 cm³/mol. The number of hydrogen-bond acceptors (Lipinski definition) is 2. The molecule has 4 heteroatoms. The lowest BCUT2D eigenvalue weighted by molar-refractivity contribution is -0.145. The van der Waals surface area contributed by atoms with Crippen molar-refractivity contribution in [3.05, 3.63) is 0 Å². The zero-order valence-corrected chi connectivity index (χ0v) is 12.2. The van der Waals surface area contributed by atoms with Gasteiger partial charge in [-0.3, -0.25) is 4.79 Å². The summed E-state index contributed by atoms with van der Waals surface area (Å²) in [6.45, 7) is 2.20. The Morgan fingerprint density at radius 1 is 1.06 bits per heavy atom. The first-order valence-electron chi connectivity index (χ1n) is 7.10. The number of unbranched alkanes of at least 4 members (excludes halogenated alkanes) is 7. The number of carboxylic acids is 1. The molecular weight excluding hydrogens is 252 g/mol. The monoisotopic (exact) mass is 278 g/mol. The molecule has 0 bridgehead atoms. The molecule has 2 atom stereocenters. The molecule has 0 saturated heterocycles. The van der Waals surface area contributed by atoms with Crippen molar-refractivity contribution in [3.8, 4) is 0 Å². The maximum atomic E-state index is 10.9. The van der Waals surface area contributed by atoms with Gasteiger partial charge in [-0.25, -0.2) is 0 Å². The van der Waals surface area contributed by atoms with Crippen molar-refractivity contribution in [2.45, 2.75) is 70.8 Å². The largest absolute Gasteiger partial charge is 0.481 e. The molecule has 18 heavy (non-hydrogen) atoms. The third-order valence-electron chi connectivity index (χ3n) is 3.31. The normalized spacial score (nSPS) is 14.4. The van der Waals surface area contributed by atoms with Crippen LogP contribution in [0.2, 0.25) is 0 Å². The minimum Gasteiger partial charge on any atom is -0.481 e. The van der Waals surface area contributed by atoms with E-state index in [9.17, 15) is 9.90 Å². The van der Waals surface area contributed by atoms with Crippen LogP contribution in [-0.2, 0) is 4.79 Å². The van der Waals surface area contributed by atoms with Crippen LogP contribution in [0.3, 0.4) is 0 Å². The third-order valence-corrected chi connectivity index (χ3v) is 3.62. The van der Waals surface area contributed by atoms with Crippen LogP contribution in [0.5, 0.6) is 0 Å². The number of rotatable bonds is 12. The second-order valence-corrected chi connectivity index (χ2v) is 5.24. The molecule has 2 N–H and O–H groups in total. The van der Waals surface area contributed by atoms with Crippen molar-refractivity contribution in [1.29, 1.82) is 0 Å². The molecule has 0 aromatic carbocycles. The Bertz CT molecular complexity index is 209. The summed E-state index contributed by atoms with van der Waals surface area (Å²) in [5, 5.41) is 18.4. The fraction of sp³-hybridized carbons (Fsp3) is 0.929. The molecule has 0 radical (unpaired) electrons. The van der Waals surface area contributed by atoms with Crippen LogP contribution in [0.25, 0.3) is 0 Å². The van der Waals surface area contributed by atoms with Crippen molar-refractivity contribution in [3.63, 3.8) is 0 Å². The number of aliphatic hydroxyl groups is 1. The molecule has 0 saturated carbocycles. The van der Waals surface area contributed by atoms with E-state index in [0.717, 1.165) is 19.3 Å². The van der Waals surface area contributed by atoms with Crippen molar-refractivity contribution >= 4 is 17.6 Å². The number of hydrogen-bond donors (Lipinski definition) is 2. The van der Waals surface area contributed by atoms with Crippen molar-refractivity contribution in [1.82, 2.24) is 0 Å². The van der Waals surface area contributed by atoms with E-state index in [1.807, 2.05) is 0 Å². The van der Waals surface area contributed by atoms with E-state index in [1.165, 1.54) is 32.1 Å². The highest BCUT2D eigenvalue weighted by Crippen LogP contribution is 2.17. The molecule has 3 nitrogen and oxygen atoms in total. The minimum absolute atomic E-state index is 0.00597. The van der Waals surface area contributed by atoms with Crippen LogP contribution in [0.1, 0.15) is 64.7 Å². The molecule has 0 aromatic rings. The van der Waals surface area contributed by atoms with Gasteiger partial charge in [-0.1, -0.05) is 58.3 Å². The minimum atomic E-state index is -0.939. The average Bonchev–Trinajstić information content (AvgIpc) is 2.35. The molecule has 0 spiro atoms. The van der Waals surface area contributed by atoms with E-state index in [2.05, 4.69) is 6.92 Å². The Morgan fingerprint density at radius 3 is 2.00 bits per heavy atom. The topological polar surface area (TPSA) is 57.5 Å². The number of carbonyl (C=O) groups is 1. The molecule has 0 aliphatic heterocycles. The first kappa shape index (κ1) is 17.7. The van der Waals surface area contributed by atoms with Gasteiger partial charge in [0.25, 0.3) is 0 Å². The summed E-state index contributed by atoms with van der Waals surface area (Å²) in [4.78, 5) is 10.9. The van der Waals surface area contributed by atoms with E-state index in [1.54, 1.807) is 0 Å². The molecule has 0 heterocycles. The van der Waals surface area contributed by atoms with E-state index in [0.29, 0.717) is 6.42 Å². The van der Waals surface area contributed by atoms with Gasteiger partial charge in [0.2, 0.25) is 0 Å². The van der Waals surface area contributed by atoms with Gasteiger partial charge in [0.15, 0.2) is 0 Å². The molecule has 0 amide bonds. The Kier molecular flexibility index (Phi) is 11.6. The second kappa shape index (κ2) is 11.8. The van der Waals surface area contributed by atoms with Crippen LogP contribution < -0.4 is 0 Å². The van der Waals surface area contributed by atoms with Crippen LogP contribution in [-0.4, -0.2) is 28.2 Å². The van der Waals surface area contributed by atoms with Gasteiger partial charge in [-0.15, -0.1) is 11.6 Å². The highest BCUT2D eigenvalue weighted by Gasteiger charge is 2.24. The van der Waals surface area contributed by atoms with E-state index < -0.39 is 18.0 Å². The molecule has 0 aliphatic rings.